The standard InChI is InChI=1S/C18H17N3O5/c1-2-24-16-12-18(14-6-4-3-5-7-14)20(25-16)17(19-26-18)13-8-10-15(11-9-13)21(22)23/h3-11,16H,2,12H2,1H3/t16-,18+/m0/s1. The molecule has 0 radical (unpaired) electrons. The van der Waals surface area contributed by atoms with Crippen LogP contribution >= 0.6 is 0 Å². The number of non-ortho nitro benzene ring substituents is 1. The van der Waals surface area contributed by atoms with Gasteiger partial charge in [0.25, 0.3) is 11.4 Å². The molecule has 0 bridgehead atoms. The van der Waals surface area contributed by atoms with Gasteiger partial charge in [0, 0.05) is 29.9 Å². The fourth-order valence-electron chi connectivity index (χ4n) is 3.16. The first-order chi connectivity index (χ1) is 12.6. The summed E-state index contributed by atoms with van der Waals surface area (Å²) in [5.41, 5.74) is 0.642. The number of hydrogen-bond acceptors (Lipinski definition) is 7. The van der Waals surface area contributed by atoms with E-state index in [2.05, 4.69) is 5.16 Å². The average molecular weight is 355 g/mol. The number of oxime groups is 1. The minimum Gasteiger partial charge on any atom is -0.357 e. The summed E-state index contributed by atoms with van der Waals surface area (Å²) in [4.78, 5) is 22.2. The third-order valence-corrected chi connectivity index (χ3v) is 4.38. The summed E-state index contributed by atoms with van der Waals surface area (Å²) in [7, 11) is 0. The summed E-state index contributed by atoms with van der Waals surface area (Å²) >= 11 is 0. The molecular weight excluding hydrogens is 338 g/mol. The molecule has 26 heavy (non-hydrogen) atoms. The molecule has 2 aliphatic heterocycles. The molecule has 2 heterocycles. The van der Waals surface area contributed by atoms with Crippen molar-refractivity contribution in [2.45, 2.75) is 25.4 Å². The van der Waals surface area contributed by atoms with Crippen molar-refractivity contribution in [3.63, 3.8) is 0 Å². The van der Waals surface area contributed by atoms with Crippen LogP contribution in [-0.4, -0.2) is 28.7 Å². The third kappa shape index (κ3) is 2.59. The second kappa shape index (κ2) is 6.40. The third-order valence-electron chi connectivity index (χ3n) is 4.38. The number of nitrogens with zero attached hydrogens (tertiary/aromatic N) is 3. The van der Waals surface area contributed by atoms with E-state index < -0.39 is 16.9 Å². The van der Waals surface area contributed by atoms with E-state index in [1.807, 2.05) is 37.3 Å². The molecule has 0 spiro atoms. The number of nitro groups is 1. The molecule has 2 aromatic rings. The Morgan fingerprint density at radius 1 is 1.27 bits per heavy atom. The summed E-state index contributed by atoms with van der Waals surface area (Å²) in [5, 5.41) is 16.7. The first-order valence-corrected chi connectivity index (χ1v) is 8.29. The van der Waals surface area contributed by atoms with Crippen LogP contribution in [0, 0.1) is 10.1 Å². The van der Waals surface area contributed by atoms with Gasteiger partial charge in [-0.3, -0.25) is 10.1 Å². The summed E-state index contributed by atoms with van der Waals surface area (Å²) < 4.78 is 5.63. The molecule has 2 atom stereocenters. The number of fused-ring (bicyclic) bond motifs is 1. The zero-order valence-corrected chi connectivity index (χ0v) is 14.1. The van der Waals surface area contributed by atoms with E-state index in [1.165, 1.54) is 12.1 Å². The van der Waals surface area contributed by atoms with E-state index in [4.69, 9.17) is 14.4 Å². The topological polar surface area (TPSA) is 86.4 Å². The lowest BCUT2D eigenvalue weighted by atomic mass is 9.99. The molecule has 0 aromatic heterocycles. The minimum atomic E-state index is -0.918. The molecule has 2 aromatic carbocycles. The number of hydrogen-bond donors (Lipinski definition) is 0. The van der Waals surface area contributed by atoms with Gasteiger partial charge < -0.3 is 9.57 Å². The van der Waals surface area contributed by atoms with E-state index >= 15 is 0 Å². The Kier molecular flexibility index (Phi) is 4.06. The van der Waals surface area contributed by atoms with Crippen molar-refractivity contribution in [1.82, 2.24) is 5.06 Å². The maximum absolute atomic E-state index is 10.9. The summed E-state index contributed by atoms with van der Waals surface area (Å²) in [5.74, 6) is 0.450. The molecule has 0 N–H and O–H groups in total. The number of hydroxylamine groups is 2. The van der Waals surface area contributed by atoms with Crippen LogP contribution in [0.15, 0.2) is 59.8 Å². The van der Waals surface area contributed by atoms with E-state index in [9.17, 15) is 10.1 Å². The van der Waals surface area contributed by atoms with Gasteiger partial charge in [-0.05, 0) is 19.1 Å². The number of nitro benzene ring substituents is 1. The molecular formula is C18H17N3O5. The molecule has 8 heteroatoms. The van der Waals surface area contributed by atoms with Gasteiger partial charge in [0.15, 0.2) is 6.29 Å². The Bertz CT molecular complexity index is 840. The molecule has 0 aliphatic carbocycles. The number of benzene rings is 2. The van der Waals surface area contributed by atoms with Gasteiger partial charge >= 0.3 is 0 Å². The number of ether oxygens (including phenoxy) is 1. The number of amidine groups is 1. The predicted molar refractivity (Wildman–Crippen MR) is 91.8 cm³/mol. The van der Waals surface area contributed by atoms with Gasteiger partial charge in [-0.2, -0.15) is 5.06 Å². The SMILES string of the molecule is CCO[C@@H]1C[C@]2(c3ccccc3)ON=C(c3ccc([N+](=O)[O-])cc3)N2O1. The zero-order chi connectivity index (χ0) is 18.1. The van der Waals surface area contributed by atoms with Crippen LogP contribution in [0.1, 0.15) is 24.5 Å². The first-order valence-electron chi connectivity index (χ1n) is 8.29. The Hall–Kier alpha value is -2.97. The van der Waals surface area contributed by atoms with Crippen LogP contribution < -0.4 is 0 Å². The van der Waals surface area contributed by atoms with Crippen molar-refractivity contribution < 1.29 is 19.3 Å². The minimum absolute atomic E-state index is 0.0112. The largest absolute Gasteiger partial charge is 0.357 e. The van der Waals surface area contributed by atoms with Crippen LogP contribution in [-0.2, 0) is 20.1 Å². The molecule has 2 aliphatic rings. The van der Waals surface area contributed by atoms with Gasteiger partial charge in [0.2, 0.25) is 5.84 Å². The van der Waals surface area contributed by atoms with Crippen molar-refractivity contribution in [2.75, 3.05) is 6.61 Å². The van der Waals surface area contributed by atoms with E-state index in [0.29, 0.717) is 24.4 Å². The highest BCUT2D eigenvalue weighted by Gasteiger charge is 2.57. The highest BCUT2D eigenvalue weighted by atomic mass is 16.9. The molecule has 4 rings (SSSR count). The summed E-state index contributed by atoms with van der Waals surface area (Å²) in [6.45, 7) is 2.40. The number of rotatable bonds is 5. The van der Waals surface area contributed by atoms with Crippen molar-refractivity contribution in [2.24, 2.45) is 5.16 Å². The highest BCUT2D eigenvalue weighted by molar-refractivity contribution is 5.99. The lowest BCUT2D eigenvalue weighted by Gasteiger charge is -2.28. The average Bonchev–Trinajstić information content (AvgIpc) is 3.19. The Morgan fingerprint density at radius 2 is 2.00 bits per heavy atom. The monoisotopic (exact) mass is 355 g/mol. The van der Waals surface area contributed by atoms with Crippen molar-refractivity contribution in [3.05, 3.63) is 75.8 Å². The van der Waals surface area contributed by atoms with Crippen LogP contribution in [0.5, 0.6) is 0 Å². The van der Waals surface area contributed by atoms with Gasteiger partial charge in [-0.15, -0.1) is 0 Å². The smallest absolute Gasteiger partial charge is 0.269 e. The quantitative estimate of drug-likeness (QED) is 0.605. The fraction of sp³-hybridized carbons (Fsp3) is 0.278. The van der Waals surface area contributed by atoms with Crippen LogP contribution in [0.2, 0.25) is 0 Å². The highest BCUT2D eigenvalue weighted by Crippen LogP contribution is 2.46. The van der Waals surface area contributed by atoms with Crippen molar-refractivity contribution >= 4 is 11.5 Å². The maximum atomic E-state index is 10.9. The molecule has 1 fully saturated rings. The van der Waals surface area contributed by atoms with E-state index in [-0.39, 0.29) is 5.69 Å². The van der Waals surface area contributed by atoms with Crippen LogP contribution in [0.25, 0.3) is 0 Å². The Labute approximate surface area is 149 Å². The molecule has 8 nitrogen and oxygen atoms in total. The fourth-order valence-corrected chi connectivity index (χ4v) is 3.16. The van der Waals surface area contributed by atoms with Crippen LogP contribution in [0.4, 0.5) is 5.69 Å². The molecule has 0 amide bonds. The van der Waals surface area contributed by atoms with Crippen LogP contribution in [0.3, 0.4) is 0 Å². The molecule has 1 saturated heterocycles. The lowest BCUT2D eigenvalue weighted by Crippen LogP contribution is -2.40. The van der Waals surface area contributed by atoms with Gasteiger partial charge in [-0.1, -0.05) is 35.5 Å². The molecule has 0 saturated carbocycles. The Balaban J connectivity index is 1.69. The van der Waals surface area contributed by atoms with Gasteiger partial charge in [0.05, 0.1) is 11.3 Å². The van der Waals surface area contributed by atoms with E-state index in [0.717, 1.165) is 5.56 Å². The summed E-state index contributed by atoms with van der Waals surface area (Å²) in [6, 6.07) is 15.8. The Morgan fingerprint density at radius 3 is 2.65 bits per heavy atom. The molecule has 0 unspecified atom stereocenters. The predicted octanol–water partition coefficient (Wildman–Crippen LogP) is 3.14. The van der Waals surface area contributed by atoms with Gasteiger partial charge in [-0.25, -0.2) is 4.84 Å². The lowest BCUT2D eigenvalue weighted by molar-refractivity contribution is -0.384. The van der Waals surface area contributed by atoms with Crippen molar-refractivity contribution in [3.8, 4) is 0 Å². The maximum Gasteiger partial charge on any atom is 0.269 e. The first kappa shape index (κ1) is 16.5. The second-order valence-electron chi connectivity index (χ2n) is 5.95. The van der Waals surface area contributed by atoms with Crippen molar-refractivity contribution in [1.29, 1.82) is 0 Å². The zero-order valence-electron chi connectivity index (χ0n) is 14.1. The second-order valence-corrected chi connectivity index (χ2v) is 5.95. The molecule has 134 valence electrons. The summed E-state index contributed by atoms with van der Waals surface area (Å²) in [6.07, 6.45) is -0.0195. The van der Waals surface area contributed by atoms with E-state index in [1.54, 1.807) is 17.2 Å². The van der Waals surface area contributed by atoms with Gasteiger partial charge in [0.1, 0.15) is 0 Å². The normalized spacial score (nSPS) is 24.1.